The van der Waals surface area contributed by atoms with Gasteiger partial charge >= 0.3 is 0 Å². The molecule has 1 aliphatic rings. The highest BCUT2D eigenvalue weighted by molar-refractivity contribution is 5.39. The van der Waals surface area contributed by atoms with Crippen LogP contribution in [0.25, 0.3) is 0 Å². The molecule has 1 saturated heterocycles. The fourth-order valence-electron chi connectivity index (χ4n) is 3.90. The van der Waals surface area contributed by atoms with Gasteiger partial charge in [0.1, 0.15) is 5.75 Å². The summed E-state index contributed by atoms with van der Waals surface area (Å²) in [5.41, 5.74) is 3.92. The molecule has 3 nitrogen and oxygen atoms in total. The Kier molecular flexibility index (Phi) is 6.67. The normalized spacial score (nSPS) is 18.2. The Morgan fingerprint density at radius 1 is 1.23 bits per heavy atom. The zero-order valence-corrected chi connectivity index (χ0v) is 16.4. The van der Waals surface area contributed by atoms with Crippen LogP contribution in [0.3, 0.4) is 0 Å². The van der Waals surface area contributed by atoms with E-state index in [0.717, 1.165) is 25.3 Å². The maximum absolute atomic E-state index is 6.17. The Labute approximate surface area is 158 Å². The van der Waals surface area contributed by atoms with Crippen molar-refractivity contribution in [2.45, 2.75) is 58.4 Å². The fraction of sp³-hybridized carbons (Fsp3) is 0.522. The van der Waals surface area contributed by atoms with Gasteiger partial charge in [0.05, 0.1) is 6.61 Å². The number of benzene rings is 1. The third kappa shape index (κ3) is 4.85. The number of ether oxygens (including phenoxy) is 1. The summed E-state index contributed by atoms with van der Waals surface area (Å²) in [5.74, 6) is 1.55. The van der Waals surface area contributed by atoms with Crippen LogP contribution in [0, 0.1) is 6.92 Å². The molecule has 0 unspecified atom stereocenters. The van der Waals surface area contributed by atoms with E-state index in [1.54, 1.807) is 0 Å². The SMILES string of the molecule is Cc1ccc(C(C)C)c(OCCCN2CCCC[C@@H]2c2cccnc2)c1. The third-order valence-corrected chi connectivity index (χ3v) is 5.32. The van der Waals surface area contributed by atoms with E-state index in [-0.39, 0.29) is 0 Å². The molecule has 0 spiro atoms. The average Bonchev–Trinajstić information content (AvgIpc) is 2.66. The van der Waals surface area contributed by atoms with Gasteiger partial charge in [-0.1, -0.05) is 38.5 Å². The predicted molar refractivity (Wildman–Crippen MR) is 108 cm³/mol. The van der Waals surface area contributed by atoms with Gasteiger partial charge in [0.15, 0.2) is 0 Å². The molecule has 1 atom stereocenters. The molecule has 1 aromatic carbocycles. The number of nitrogens with zero attached hydrogens (tertiary/aromatic N) is 2. The number of hydrogen-bond donors (Lipinski definition) is 0. The van der Waals surface area contributed by atoms with Crippen LogP contribution >= 0.6 is 0 Å². The maximum Gasteiger partial charge on any atom is 0.122 e. The maximum atomic E-state index is 6.17. The lowest BCUT2D eigenvalue weighted by molar-refractivity contribution is 0.137. The summed E-state index contributed by atoms with van der Waals surface area (Å²) in [6.07, 6.45) is 8.80. The van der Waals surface area contributed by atoms with E-state index in [0.29, 0.717) is 12.0 Å². The van der Waals surface area contributed by atoms with Crippen LogP contribution in [0.2, 0.25) is 0 Å². The first-order valence-corrected chi connectivity index (χ1v) is 10.0. The van der Waals surface area contributed by atoms with E-state index >= 15 is 0 Å². The summed E-state index contributed by atoms with van der Waals surface area (Å²) in [6.45, 7) is 9.62. The van der Waals surface area contributed by atoms with Crippen molar-refractivity contribution in [2.24, 2.45) is 0 Å². The molecule has 3 heteroatoms. The van der Waals surface area contributed by atoms with Gasteiger partial charge in [-0.05, 0) is 67.5 Å². The molecule has 0 bridgehead atoms. The third-order valence-electron chi connectivity index (χ3n) is 5.32. The quantitative estimate of drug-likeness (QED) is 0.614. The highest BCUT2D eigenvalue weighted by Crippen LogP contribution is 2.31. The molecule has 2 aromatic rings. The molecule has 1 aliphatic heterocycles. The predicted octanol–water partition coefficient (Wildman–Crippen LogP) is 5.51. The monoisotopic (exact) mass is 352 g/mol. The van der Waals surface area contributed by atoms with Gasteiger partial charge in [-0.15, -0.1) is 0 Å². The zero-order valence-electron chi connectivity index (χ0n) is 16.4. The van der Waals surface area contributed by atoms with Gasteiger partial charge in [0.25, 0.3) is 0 Å². The second kappa shape index (κ2) is 9.18. The lowest BCUT2D eigenvalue weighted by Gasteiger charge is -2.35. The molecule has 3 rings (SSSR count). The van der Waals surface area contributed by atoms with E-state index in [9.17, 15) is 0 Å². The van der Waals surface area contributed by atoms with Crippen LogP contribution in [0.1, 0.15) is 68.2 Å². The molecule has 140 valence electrons. The summed E-state index contributed by atoms with van der Waals surface area (Å²) < 4.78 is 6.17. The van der Waals surface area contributed by atoms with Gasteiger partial charge in [0.2, 0.25) is 0 Å². The van der Waals surface area contributed by atoms with Crippen molar-refractivity contribution in [3.05, 3.63) is 59.4 Å². The van der Waals surface area contributed by atoms with Gasteiger partial charge < -0.3 is 4.74 Å². The fourth-order valence-corrected chi connectivity index (χ4v) is 3.90. The van der Waals surface area contributed by atoms with E-state index in [1.807, 2.05) is 12.4 Å². The smallest absolute Gasteiger partial charge is 0.122 e. The van der Waals surface area contributed by atoms with E-state index in [1.165, 1.54) is 42.5 Å². The van der Waals surface area contributed by atoms with Gasteiger partial charge in [-0.25, -0.2) is 0 Å². The molecule has 0 aliphatic carbocycles. The van der Waals surface area contributed by atoms with Gasteiger partial charge in [-0.3, -0.25) is 9.88 Å². The number of hydrogen-bond acceptors (Lipinski definition) is 3. The first-order chi connectivity index (χ1) is 12.6. The van der Waals surface area contributed by atoms with E-state index in [4.69, 9.17) is 4.74 Å². The number of pyridine rings is 1. The molecular weight excluding hydrogens is 320 g/mol. The van der Waals surface area contributed by atoms with Crippen LogP contribution in [0.5, 0.6) is 5.75 Å². The van der Waals surface area contributed by atoms with Crippen LogP contribution < -0.4 is 4.74 Å². The summed E-state index contributed by atoms with van der Waals surface area (Å²) in [5, 5.41) is 0. The minimum Gasteiger partial charge on any atom is -0.493 e. The van der Waals surface area contributed by atoms with Crippen molar-refractivity contribution in [2.75, 3.05) is 19.7 Å². The lowest BCUT2D eigenvalue weighted by atomic mass is 9.96. The molecule has 1 fully saturated rings. The Morgan fingerprint density at radius 2 is 2.12 bits per heavy atom. The molecular formula is C23H32N2O. The molecule has 0 N–H and O–H groups in total. The van der Waals surface area contributed by atoms with Gasteiger partial charge in [-0.2, -0.15) is 0 Å². The minimum atomic E-state index is 0.489. The van der Waals surface area contributed by atoms with Crippen LogP contribution in [0.4, 0.5) is 0 Å². The van der Waals surface area contributed by atoms with Crippen molar-refractivity contribution in [1.29, 1.82) is 0 Å². The Hall–Kier alpha value is -1.87. The van der Waals surface area contributed by atoms with Crippen LogP contribution in [-0.2, 0) is 0 Å². The number of aryl methyl sites for hydroxylation is 1. The van der Waals surface area contributed by atoms with Crippen LogP contribution in [0.15, 0.2) is 42.7 Å². The number of aromatic nitrogens is 1. The zero-order chi connectivity index (χ0) is 18.4. The van der Waals surface area contributed by atoms with Crippen molar-refractivity contribution in [3.8, 4) is 5.75 Å². The Balaban J connectivity index is 1.55. The molecule has 0 radical (unpaired) electrons. The van der Waals surface area contributed by atoms with E-state index in [2.05, 4.69) is 61.0 Å². The first-order valence-electron chi connectivity index (χ1n) is 10.0. The van der Waals surface area contributed by atoms with Gasteiger partial charge in [0, 0.05) is 25.0 Å². The molecule has 26 heavy (non-hydrogen) atoms. The molecule has 0 amide bonds. The number of likely N-dealkylation sites (tertiary alicyclic amines) is 1. The summed E-state index contributed by atoms with van der Waals surface area (Å²) >= 11 is 0. The van der Waals surface area contributed by atoms with Crippen molar-refractivity contribution in [3.63, 3.8) is 0 Å². The van der Waals surface area contributed by atoms with Crippen LogP contribution in [-0.4, -0.2) is 29.6 Å². The second-order valence-electron chi connectivity index (χ2n) is 7.73. The van der Waals surface area contributed by atoms with Crippen molar-refractivity contribution < 1.29 is 4.74 Å². The van der Waals surface area contributed by atoms with Crippen molar-refractivity contribution in [1.82, 2.24) is 9.88 Å². The average molecular weight is 353 g/mol. The topological polar surface area (TPSA) is 25.4 Å². The number of piperidine rings is 1. The molecule has 0 saturated carbocycles. The Morgan fingerprint density at radius 3 is 2.88 bits per heavy atom. The summed E-state index contributed by atoms with van der Waals surface area (Å²) in [6, 6.07) is 11.3. The highest BCUT2D eigenvalue weighted by Gasteiger charge is 2.23. The highest BCUT2D eigenvalue weighted by atomic mass is 16.5. The lowest BCUT2D eigenvalue weighted by Crippen LogP contribution is -2.34. The first kappa shape index (κ1) is 18.9. The minimum absolute atomic E-state index is 0.489. The standard InChI is InChI=1S/C23H32N2O/c1-18(2)21-11-10-19(3)16-23(21)26-15-7-14-25-13-5-4-9-22(25)20-8-6-12-24-17-20/h6,8,10-12,16-18,22H,4-5,7,9,13-15H2,1-3H3/t22-/m1/s1. The molecule has 2 heterocycles. The van der Waals surface area contributed by atoms with Crippen molar-refractivity contribution >= 4 is 0 Å². The number of rotatable bonds is 7. The molecule has 1 aromatic heterocycles. The second-order valence-corrected chi connectivity index (χ2v) is 7.73. The van der Waals surface area contributed by atoms with E-state index < -0.39 is 0 Å². The summed E-state index contributed by atoms with van der Waals surface area (Å²) in [4.78, 5) is 6.93. The summed E-state index contributed by atoms with van der Waals surface area (Å²) in [7, 11) is 0. The Bertz CT molecular complexity index is 684. The largest absolute Gasteiger partial charge is 0.493 e.